The third kappa shape index (κ3) is 4.87. The summed E-state index contributed by atoms with van der Waals surface area (Å²) in [7, 11) is 0. The van der Waals surface area contributed by atoms with Crippen molar-refractivity contribution in [3.8, 4) is 6.07 Å². The smallest absolute Gasteiger partial charge is 0.0977 e. The molecule has 1 aliphatic carbocycles. The second-order valence-electron chi connectivity index (χ2n) is 3.83. The molecule has 0 heterocycles. The molecule has 3 nitrogen and oxygen atoms in total. The van der Waals surface area contributed by atoms with Crippen LogP contribution in [-0.4, -0.2) is 24.8 Å². The van der Waals surface area contributed by atoms with Crippen molar-refractivity contribution < 1.29 is 4.74 Å². The second-order valence-corrected chi connectivity index (χ2v) is 3.83. The summed E-state index contributed by atoms with van der Waals surface area (Å²) in [4.78, 5) is 0. The van der Waals surface area contributed by atoms with Gasteiger partial charge in [-0.1, -0.05) is 0 Å². The van der Waals surface area contributed by atoms with Gasteiger partial charge in [0.05, 0.1) is 18.2 Å². The Morgan fingerprint density at radius 3 is 2.69 bits per heavy atom. The summed E-state index contributed by atoms with van der Waals surface area (Å²) in [5, 5.41) is 12.1. The van der Waals surface area contributed by atoms with E-state index < -0.39 is 0 Å². The summed E-state index contributed by atoms with van der Waals surface area (Å²) in [5.74, 6) is 0. The van der Waals surface area contributed by atoms with Crippen molar-refractivity contribution in [2.45, 2.75) is 51.3 Å². The van der Waals surface area contributed by atoms with Gasteiger partial charge in [-0.15, -0.1) is 0 Å². The molecule has 1 unspecified atom stereocenters. The van der Waals surface area contributed by atoms with Crippen molar-refractivity contribution >= 4 is 0 Å². The Hall–Kier alpha value is -0.590. The first-order chi connectivity index (χ1) is 6.22. The minimum absolute atomic E-state index is 0.0220. The van der Waals surface area contributed by atoms with Gasteiger partial charge in [0, 0.05) is 12.6 Å². The molecule has 0 amide bonds. The van der Waals surface area contributed by atoms with E-state index in [2.05, 4.69) is 11.4 Å². The van der Waals surface area contributed by atoms with Crippen molar-refractivity contribution in [3.63, 3.8) is 0 Å². The van der Waals surface area contributed by atoms with E-state index in [1.165, 1.54) is 12.8 Å². The SMILES string of the molecule is CC(C)OCCC(C#N)NC1CC1. The van der Waals surface area contributed by atoms with Gasteiger partial charge in [-0.2, -0.15) is 5.26 Å². The number of hydrogen-bond acceptors (Lipinski definition) is 3. The molecule has 0 aromatic heterocycles. The Morgan fingerprint density at radius 2 is 2.23 bits per heavy atom. The highest BCUT2D eigenvalue weighted by Crippen LogP contribution is 2.19. The van der Waals surface area contributed by atoms with Crippen LogP contribution in [0.15, 0.2) is 0 Å². The van der Waals surface area contributed by atoms with Crippen LogP contribution in [0.4, 0.5) is 0 Å². The number of nitrogens with zero attached hydrogens (tertiary/aromatic N) is 1. The van der Waals surface area contributed by atoms with E-state index in [-0.39, 0.29) is 12.1 Å². The van der Waals surface area contributed by atoms with Crippen molar-refractivity contribution in [1.82, 2.24) is 5.32 Å². The van der Waals surface area contributed by atoms with Crippen LogP contribution in [-0.2, 0) is 4.74 Å². The van der Waals surface area contributed by atoms with Crippen LogP contribution in [0.5, 0.6) is 0 Å². The fourth-order valence-corrected chi connectivity index (χ4v) is 1.14. The number of nitriles is 1. The minimum atomic E-state index is -0.0220. The van der Waals surface area contributed by atoms with Gasteiger partial charge < -0.3 is 4.74 Å². The summed E-state index contributed by atoms with van der Waals surface area (Å²) in [6.45, 7) is 4.70. The Labute approximate surface area is 80.1 Å². The molecule has 1 rings (SSSR count). The third-order valence-corrected chi connectivity index (χ3v) is 2.03. The minimum Gasteiger partial charge on any atom is -0.379 e. The van der Waals surface area contributed by atoms with Gasteiger partial charge in [0.1, 0.15) is 0 Å². The van der Waals surface area contributed by atoms with E-state index in [0.717, 1.165) is 6.42 Å². The molecule has 0 saturated heterocycles. The predicted molar refractivity (Wildman–Crippen MR) is 51.3 cm³/mol. The van der Waals surface area contributed by atoms with Crippen LogP contribution in [0, 0.1) is 11.3 Å². The number of nitrogens with one attached hydrogen (secondary N) is 1. The molecule has 0 aromatic carbocycles. The molecule has 1 N–H and O–H groups in total. The lowest BCUT2D eigenvalue weighted by molar-refractivity contribution is 0.0742. The van der Waals surface area contributed by atoms with Crippen LogP contribution < -0.4 is 5.32 Å². The van der Waals surface area contributed by atoms with Gasteiger partial charge in [-0.25, -0.2) is 0 Å². The molecule has 0 aliphatic heterocycles. The van der Waals surface area contributed by atoms with Gasteiger partial charge in [0.2, 0.25) is 0 Å². The van der Waals surface area contributed by atoms with E-state index >= 15 is 0 Å². The van der Waals surface area contributed by atoms with E-state index in [9.17, 15) is 0 Å². The molecular formula is C10H18N2O. The summed E-state index contributed by atoms with van der Waals surface area (Å²) in [5.41, 5.74) is 0. The summed E-state index contributed by atoms with van der Waals surface area (Å²) >= 11 is 0. The fourth-order valence-electron chi connectivity index (χ4n) is 1.14. The molecule has 1 saturated carbocycles. The topological polar surface area (TPSA) is 45.0 Å². The molecule has 1 aliphatic rings. The molecule has 1 atom stereocenters. The highest BCUT2D eigenvalue weighted by molar-refractivity contribution is 4.95. The van der Waals surface area contributed by atoms with Crippen LogP contribution in [0.3, 0.4) is 0 Å². The average molecular weight is 182 g/mol. The van der Waals surface area contributed by atoms with E-state index in [4.69, 9.17) is 10.00 Å². The first-order valence-electron chi connectivity index (χ1n) is 4.99. The summed E-state index contributed by atoms with van der Waals surface area (Å²) in [6, 6.07) is 2.83. The number of hydrogen-bond donors (Lipinski definition) is 1. The zero-order valence-electron chi connectivity index (χ0n) is 8.42. The molecule has 13 heavy (non-hydrogen) atoms. The fraction of sp³-hybridized carbons (Fsp3) is 0.900. The number of ether oxygens (including phenoxy) is 1. The largest absolute Gasteiger partial charge is 0.379 e. The third-order valence-electron chi connectivity index (χ3n) is 2.03. The van der Waals surface area contributed by atoms with E-state index in [1.54, 1.807) is 0 Å². The maximum absolute atomic E-state index is 8.80. The molecule has 0 radical (unpaired) electrons. The van der Waals surface area contributed by atoms with Crippen molar-refractivity contribution in [2.75, 3.05) is 6.61 Å². The number of rotatable bonds is 6. The zero-order valence-corrected chi connectivity index (χ0v) is 8.42. The monoisotopic (exact) mass is 182 g/mol. The second kappa shape index (κ2) is 5.21. The first-order valence-corrected chi connectivity index (χ1v) is 4.99. The Morgan fingerprint density at radius 1 is 1.54 bits per heavy atom. The zero-order chi connectivity index (χ0) is 9.68. The quantitative estimate of drug-likeness (QED) is 0.676. The molecule has 74 valence electrons. The molecule has 0 bridgehead atoms. The standard InChI is InChI=1S/C10H18N2O/c1-8(2)13-6-5-10(7-11)12-9-3-4-9/h8-10,12H,3-6H2,1-2H3. The van der Waals surface area contributed by atoms with Gasteiger partial charge in [0.15, 0.2) is 0 Å². The predicted octanol–water partition coefficient (Wildman–Crippen LogP) is 1.45. The highest BCUT2D eigenvalue weighted by Gasteiger charge is 2.24. The maximum atomic E-state index is 8.80. The van der Waals surface area contributed by atoms with E-state index in [0.29, 0.717) is 12.6 Å². The highest BCUT2D eigenvalue weighted by atomic mass is 16.5. The van der Waals surface area contributed by atoms with Crippen molar-refractivity contribution in [3.05, 3.63) is 0 Å². The van der Waals surface area contributed by atoms with Gasteiger partial charge in [-0.3, -0.25) is 5.32 Å². The van der Waals surface area contributed by atoms with Crippen LogP contribution >= 0.6 is 0 Å². The first kappa shape index (κ1) is 10.5. The van der Waals surface area contributed by atoms with Crippen molar-refractivity contribution in [2.24, 2.45) is 0 Å². The van der Waals surface area contributed by atoms with Crippen LogP contribution in [0.1, 0.15) is 33.1 Å². The van der Waals surface area contributed by atoms with Gasteiger partial charge in [0.25, 0.3) is 0 Å². The lowest BCUT2D eigenvalue weighted by Crippen LogP contribution is -2.30. The normalized spacial score (nSPS) is 18.6. The average Bonchev–Trinajstić information content (AvgIpc) is 2.86. The van der Waals surface area contributed by atoms with Crippen molar-refractivity contribution in [1.29, 1.82) is 5.26 Å². The van der Waals surface area contributed by atoms with Gasteiger partial charge in [-0.05, 0) is 33.1 Å². The molecule has 1 fully saturated rings. The molecular weight excluding hydrogens is 164 g/mol. The van der Waals surface area contributed by atoms with Crippen LogP contribution in [0.25, 0.3) is 0 Å². The molecule has 0 spiro atoms. The lowest BCUT2D eigenvalue weighted by Gasteiger charge is -2.12. The Balaban J connectivity index is 2.05. The van der Waals surface area contributed by atoms with Crippen LogP contribution in [0.2, 0.25) is 0 Å². The summed E-state index contributed by atoms with van der Waals surface area (Å²) < 4.78 is 5.39. The maximum Gasteiger partial charge on any atom is 0.0977 e. The molecule has 3 heteroatoms. The Kier molecular flexibility index (Phi) is 4.20. The van der Waals surface area contributed by atoms with Gasteiger partial charge >= 0.3 is 0 Å². The Bertz CT molecular complexity index is 182. The molecule has 0 aromatic rings. The summed E-state index contributed by atoms with van der Waals surface area (Å²) in [6.07, 6.45) is 3.51. The lowest BCUT2D eigenvalue weighted by atomic mass is 10.2. The van der Waals surface area contributed by atoms with E-state index in [1.807, 2.05) is 13.8 Å².